The van der Waals surface area contributed by atoms with Gasteiger partial charge >= 0.3 is 0 Å². The van der Waals surface area contributed by atoms with Gasteiger partial charge in [-0.1, -0.05) is 20.3 Å². The lowest BCUT2D eigenvalue weighted by Gasteiger charge is -2.30. The number of rotatable bonds is 5. The Morgan fingerprint density at radius 1 is 1.58 bits per heavy atom. The number of hydrogen-bond acceptors (Lipinski definition) is 4. The molecule has 19 heavy (non-hydrogen) atoms. The SMILES string of the molecule is CCCC(C)CN1CCc2cnc(C(N)=O)nc2C1. The van der Waals surface area contributed by atoms with Crippen LogP contribution in [-0.2, 0) is 13.0 Å². The predicted octanol–water partition coefficient (Wildman–Crippen LogP) is 1.37. The molecule has 2 heterocycles. The van der Waals surface area contributed by atoms with E-state index in [1.54, 1.807) is 6.20 Å². The van der Waals surface area contributed by atoms with Gasteiger partial charge in [-0.25, -0.2) is 9.97 Å². The van der Waals surface area contributed by atoms with E-state index in [2.05, 4.69) is 28.7 Å². The van der Waals surface area contributed by atoms with Crippen LogP contribution >= 0.6 is 0 Å². The number of hydrogen-bond donors (Lipinski definition) is 1. The van der Waals surface area contributed by atoms with Crippen molar-refractivity contribution in [2.75, 3.05) is 13.1 Å². The highest BCUT2D eigenvalue weighted by Crippen LogP contribution is 2.18. The first kappa shape index (κ1) is 13.9. The number of nitrogens with two attached hydrogens (primary N) is 1. The van der Waals surface area contributed by atoms with E-state index in [1.165, 1.54) is 12.8 Å². The van der Waals surface area contributed by atoms with E-state index in [9.17, 15) is 4.79 Å². The van der Waals surface area contributed by atoms with Crippen LogP contribution in [0.3, 0.4) is 0 Å². The Hall–Kier alpha value is -1.49. The van der Waals surface area contributed by atoms with E-state index in [1.807, 2.05) is 0 Å². The summed E-state index contributed by atoms with van der Waals surface area (Å²) in [5, 5.41) is 0. The van der Waals surface area contributed by atoms with Crippen LogP contribution in [-0.4, -0.2) is 33.9 Å². The van der Waals surface area contributed by atoms with Crippen molar-refractivity contribution in [1.82, 2.24) is 14.9 Å². The lowest BCUT2D eigenvalue weighted by Crippen LogP contribution is -2.35. The first-order valence-electron chi connectivity index (χ1n) is 6.97. The Morgan fingerprint density at radius 2 is 2.37 bits per heavy atom. The maximum Gasteiger partial charge on any atom is 0.286 e. The normalized spacial score (nSPS) is 16.9. The summed E-state index contributed by atoms with van der Waals surface area (Å²) in [5.74, 6) is 0.269. The largest absolute Gasteiger partial charge is 0.363 e. The fourth-order valence-electron chi connectivity index (χ4n) is 2.66. The highest BCUT2D eigenvalue weighted by atomic mass is 16.1. The lowest BCUT2D eigenvalue weighted by atomic mass is 10.0. The molecule has 1 aromatic rings. The summed E-state index contributed by atoms with van der Waals surface area (Å²) in [4.78, 5) is 21.8. The highest BCUT2D eigenvalue weighted by molar-refractivity contribution is 5.88. The van der Waals surface area contributed by atoms with Crippen LogP contribution in [0, 0.1) is 5.92 Å². The lowest BCUT2D eigenvalue weighted by molar-refractivity contribution is 0.0989. The minimum Gasteiger partial charge on any atom is -0.363 e. The van der Waals surface area contributed by atoms with E-state index in [-0.39, 0.29) is 5.82 Å². The van der Waals surface area contributed by atoms with Crippen LogP contribution in [0.1, 0.15) is 48.6 Å². The molecule has 0 bridgehead atoms. The molecule has 104 valence electrons. The Kier molecular flexibility index (Phi) is 4.47. The summed E-state index contributed by atoms with van der Waals surface area (Å²) < 4.78 is 0. The van der Waals surface area contributed by atoms with Gasteiger partial charge in [-0.3, -0.25) is 9.69 Å². The predicted molar refractivity (Wildman–Crippen MR) is 73.6 cm³/mol. The molecule has 0 spiro atoms. The van der Waals surface area contributed by atoms with Crippen molar-refractivity contribution in [3.8, 4) is 0 Å². The summed E-state index contributed by atoms with van der Waals surface area (Å²) in [6, 6.07) is 0. The van der Waals surface area contributed by atoms with Gasteiger partial charge in [0.05, 0.1) is 5.69 Å². The van der Waals surface area contributed by atoms with Crippen molar-refractivity contribution in [2.45, 2.75) is 39.7 Å². The molecule has 1 unspecified atom stereocenters. The molecule has 0 aromatic carbocycles. The topological polar surface area (TPSA) is 72.1 Å². The van der Waals surface area contributed by atoms with Crippen LogP contribution in [0.4, 0.5) is 0 Å². The average molecular weight is 262 g/mol. The third-order valence-corrected chi connectivity index (χ3v) is 3.60. The second-order valence-electron chi connectivity index (χ2n) is 5.41. The van der Waals surface area contributed by atoms with Gasteiger partial charge in [-0.05, 0) is 24.3 Å². The number of fused-ring (bicyclic) bond motifs is 1. The molecule has 0 aliphatic carbocycles. The molecule has 2 N–H and O–H groups in total. The molecule has 0 fully saturated rings. The molecule has 0 saturated heterocycles. The third-order valence-electron chi connectivity index (χ3n) is 3.60. The second-order valence-corrected chi connectivity index (χ2v) is 5.41. The van der Waals surface area contributed by atoms with Crippen molar-refractivity contribution in [2.24, 2.45) is 11.7 Å². The molecular formula is C14H22N4O. The van der Waals surface area contributed by atoms with Crippen LogP contribution in [0.25, 0.3) is 0 Å². The first-order valence-corrected chi connectivity index (χ1v) is 6.97. The molecule has 1 aromatic heterocycles. The maximum atomic E-state index is 11.1. The number of amides is 1. The molecule has 1 aliphatic rings. The standard InChI is InChI=1S/C14H22N4O/c1-3-4-10(2)8-18-6-5-11-7-16-14(13(15)19)17-12(11)9-18/h7,10H,3-6,8-9H2,1-2H3,(H2,15,19). The smallest absolute Gasteiger partial charge is 0.286 e. The number of primary amides is 1. The minimum absolute atomic E-state index is 0.127. The Labute approximate surface area is 114 Å². The van der Waals surface area contributed by atoms with Crippen LogP contribution in [0.2, 0.25) is 0 Å². The zero-order valence-electron chi connectivity index (χ0n) is 11.7. The van der Waals surface area contributed by atoms with Crippen LogP contribution in [0.15, 0.2) is 6.20 Å². The van der Waals surface area contributed by atoms with Gasteiger partial charge < -0.3 is 5.73 Å². The molecular weight excluding hydrogens is 240 g/mol. The summed E-state index contributed by atoms with van der Waals surface area (Å²) in [6.07, 6.45) is 5.17. The second kappa shape index (κ2) is 6.10. The van der Waals surface area contributed by atoms with E-state index >= 15 is 0 Å². The summed E-state index contributed by atoms with van der Waals surface area (Å²) in [5.41, 5.74) is 7.32. The first-order chi connectivity index (χ1) is 9.10. The average Bonchev–Trinajstić information content (AvgIpc) is 2.38. The van der Waals surface area contributed by atoms with Gasteiger partial charge in [0.15, 0.2) is 0 Å². The van der Waals surface area contributed by atoms with Gasteiger partial charge in [0.25, 0.3) is 5.91 Å². The van der Waals surface area contributed by atoms with Crippen molar-refractivity contribution in [1.29, 1.82) is 0 Å². The van der Waals surface area contributed by atoms with E-state index < -0.39 is 5.91 Å². The summed E-state index contributed by atoms with van der Waals surface area (Å²) in [7, 11) is 0. The van der Waals surface area contributed by atoms with Gasteiger partial charge in [0, 0.05) is 25.8 Å². The molecule has 5 heteroatoms. The molecule has 2 rings (SSSR count). The van der Waals surface area contributed by atoms with Gasteiger partial charge in [-0.15, -0.1) is 0 Å². The number of aromatic nitrogens is 2. The van der Waals surface area contributed by atoms with Crippen molar-refractivity contribution < 1.29 is 4.79 Å². The minimum atomic E-state index is -0.556. The highest BCUT2D eigenvalue weighted by Gasteiger charge is 2.20. The fourth-order valence-corrected chi connectivity index (χ4v) is 2.66. The Balaban J connectivity index is 2.05. The molecule has 1 aliphatic heterocycles. The molecule has 0 saturated carbocycles. The fraction of sp³-hybridized carbons (Fsp3) is 0.643. The maximum absolute atomic E-state index is 11.1. The summed E-state index contributed by atoms with van der Waals surface area (Å²) >= 11 is 0. The Bertz CT molecular complexity index is 461. The van der Waals surface area contributed by atoms with Crippen LogP contribution < -0.4 is 5.73 Å². The molecule has 1 amide bonds. The van der Waals surface area contributed by atoms with Crippen molar-refractivity contribution in [3.63, 3.8) is 0 Å². The zero-order chi connectivity index (χ0) is 13.8. The van der Waals surface area contributed by atoms with E-state index in [0.29, 0.717) is 5.92 Å². The molecule has 1 atom stereocenters. The third kappa shape index (κ3) is 3.50. The van der Waals surface area contributed by atoms with Gasteiger partial charge in [0.2, 0.25) is 5.82 Å². The van der Waals surface area contributed by atoms with Crippen molar-refractivity contribution >= 4 is 5.91 Å². The number of carbonyl (C=O) groups is 1. The number of nitrogens with zero attached hydrogens (tertiary/aromatic N) is 3. The van der Waals surface area contributed by atoms with Gasteiger partial charge in [0.1, 0.15) is 0 Å². The number of carbonyl (C=O) groups excluding carboxylic acids is 1. The Morgan fingerprint density at radius 3 is 3.05 bits per heavy atom. The van der Waals surface area contributed by atoms with E-state index in [4.69, 9.17) is 5.73 Å². The monoisotopic (exact) mass is 262 g/mol. The molecule has 0 radical (unpaired) electrons. The summed E-state index contributed by atoms with van der Waals surface area (Å²) in [6.45, 7) is 7.43. The van der Waals surface area contributed by atoms with E-state index in [0.717, 1.165) is 37.3 Å². The van der Waals surface area contributed by atoms with Crippen LogP contribution in [0.5, 0.6) is 0 Å². The zero-order valence-corrected chi connectivity index (χ0v) is 11.7. The molecule has 5 nitrogen and oxygen atoms in total. The van der Waals surface area contributed by atoms with Crippen molar-refractivity contribution in [3.05, 3.63) is 23.3 Å². The quantitative estimate of drug-likeness (QED) is 0.870. The van der Waals surface area contributed by atoms with Gasteiger partial charge in [-0.2, -0.15) is 0 Å².